The van der Waals surface area contributed by atoms with Gasteiger partial charge in [0.2, 0.25) is 0 Å². The minimum absolute atomic E-state index is 0.0800. The van der Waals surface area contributed by atoms with E-state index in [2.05, 4.69) is 10.4 Å². The van der Waals surface area contributed by atoms with E-state index in [9.17, 15) is 9.59 Å². The summed E-state index contributed by atoms with van der Waals surface area (Å²) in [6, 6.07) is 9.13. The van der Waals surface area contributed by atoms with Crippen molar-refractivity contribution >= 4 is 23.2 Å². The number of furan rings is 1. The first-order valence-corrected chi connectivity index (χ1v) is 10.8. The fraction of sp³-hybridized carbons (Fsp3) is 0.318. The Bertz CT molecular complexity index is 1020. The van der Waals surface area contributed by atoms with Gasteiger partial charge in [-0.1, -0.05) is 6.07 Å². The second-order valence-corrected chi connectivity index (χ2v) is 8.38. The third kappa shape index (κ3) is 3.22. The number of hydrogen-bond acceptors (Lipinski definition) is 6. The van der Waals surface area contributed by atoms with Gasteiger partial charge in [-0.3, -0.25) is 14.6 Å². The molecule has 5 rings (SSSR count). The van der Waals surface area contributed by atoms with Crippen LogP contribution in [0.5, 0.6) is 0 Å². The lowest BCUT2D eigenvalue weighted by Gasteiger charge is -2.42. The smallest absolute Gasteiger partial charge is 0.289 e. The molecular formula is C22H21N3O4S. The number of pyridine rings is 1. The van der Waals surface area contributed by atoms with Crippen molar-refractivity contribution in [3.63, 3.8) is 0 Å². The first-order valence-electron chi connectivity index (χ1n) is 9.84. The van der Waals surface area contributed by atoms with Crippen LogP contribution >= 0.6 is 11.3 Å². The molecule has 0 unspecified atom stereocenters. The van der Waals surface area contributed by atoms with Crippen LogP contribution in [0.15, 0.2) is 64.2 Å². The van der Waals surface area contributed by atoms with Crippen molar-refractivity contribution in [2.45, 2.75) is 18.1 Å². The van der Waals surface area contributed by atoms with Gasteiger partial charge in [-0.25, -0.2) is 0 Å². The van der Waals surface area contributed by atoms with Gasteiger partial charge in [-0.05, 0) is 46.2 Å². The molecule has 2 aliphatic heterocycles. The topological polar surface area (TPSA) is 75.9 Å². The Morgan fingerprint density at radius 1 is 1.30 bits per heavy atom. The third-order valence-electron chi connectivity index (χ3n) is 5.82. The third-order valence-corrected chi connectivity index (χ3v) is 6.55. The molecule has 0 aromatic carbocycles. The van der Waals surface area contributed by atoms with Crippen LogP contribution in [0.1, 0.15) is 27.6 Å². The molecule has 2 saturated heterocycles. The van der Waals surface area contributed by atoms with E-state index >= 15 is 0 Å². The van der Waals surface area contributed by atoms with Crippen molar-refractivity contribution in [2.75, 3.05) is 26.2 Å². The first kappa shape index (κ1) is 19.0. The minimum atomic E-state index is -1.13. The number of hydrogen-bond donors (Lipinski definition) is 0. The summed E-state index contributed by atoms with van der Waals surface area (Å²) in [5, 5.41) is 4.06. The molecule has 0 saturated carbocycles. The molecule has 154 valence electrons. The number of thiophene rings is 1. The van der Waals surface area contributed by atoms with Crippen LogP contribution in [0.4, 0.5) is 0 Å². The Morgan fingerprint density at radius 3 is 2.97 bits per heavy atom. The Labute approximate surface area is 177 Å². The maximum Gasteiger partial charge on any atom is 0.289 e. The molecule has 3 aromatic rings. The molecule has 0 radical (unpaired) electrons. The van der Waals surface area contributed by atoms with Crippen molar-refractivity contribution < 1.29 is 18.7 Å². The Morgan fingerprint density at radius 2 is 2.23 bits per heavy atom. The molecule has 2 aliphatic rings. The summed E-state index contributed by atoms with van der Waals surface area (Å²) in [5.74, 6) is -0.362. The fourth-order valence-electron chi connectivity index (χ4n) is 4.38. The molecule has 7 nitrogen and oxygen atoms in total. The van der Waals surface area contributed by atoms with Gasteiger partial charge in [0.05, 0.1) is 19.4 Å². The second-order valence-electron chi connectivity index (χ2n) is 7.60. The highest BCUT2D eigenvalue weighted by Gasteiger charge is 2.58. The number of ether oxygens (including phenoxy) is 1. The van der Waals surface area contributed by atoms with E-state index in [1.54, 1.807) is 40.8 Å². The molecule has 0 aliphatic carbocycles. The lowest BCUT2D eigenvalue weighted by atomic mass is 9.83. The maximum absolute atomic E-state index is 13.7. The maximum atomic E-state index is 13.7. The summed E-state index contributed by atoms with van der Waals surface area (Å²) >= 11 is 1.61. The number of nitrogens with zero attached hydrogens (tertiary/aromatic N) is 3. The molecule has 2 atom stereocenters. The largest absolute Gasteiger partial charge is 0.459 e. The predicted octanol–water partition coefficient (Wildman–Crippen LogP) is 2.77. The summed E-state index contributed by atoms with van der Waals surface area (Å²) < 4.78 is 11.5. The van der Waals surface area contributed by atoms with Gasteiger partial charge >= 0.3 is 0 Å². The van der Waals surface area contributed by atoms with Gasteiger partial charge in [0.15, 0.2) is 11.4 Å². The van der Waals surface area contributed by atoms with Gasteiger partial charge in [-0.15, -0.1) is 0 Å². The van der Waals surface area contributed by atoms with Crippen LogP contribution in [0.2, 0.25) is 0 Å². The van der Waals surface area contributed by atoms with E-state index in [1.165, 1.54) is 6.26 Å². The quantitative estimate of drug-likeness (QED) is 0.645. The van der Waals surface area contributed by atoms with E-state index < -0.39 is 5.60 Å². The van der Waals surface area contributed by atoms with Gasteiger partial charge in [0, 0.05) is 37.9 Å². The summed E-state index contributed by atoms with van der Waals surface area (Å²) in [7, 11) is 0. The average Bonchev–Trinajstić information content (AvgIpc) is 3.53. The summed E-state index contributed by atoms with van der Waals surface area (Å²) in [4.78, 5) is 34.5. The Balaban J connectivity index is 1.49. The molecule has 0 bridgehead atoms. The fourth-order valence-corrected chi connectivity index (χ4v) is 5.04. The van der Waals surface area contributed by atoms with Gasteiger partial charge in [0.1, 0.15) is 0 Å². The molecule has 3 aromatic heterocycles. The van der Waals surface area contributed by atoms with Crippen molar-refractivity contribution in [1.82, 2.24) is 14.8 Å². The molecular weight excluding hydrogens is 402 g/mol. The van der Waals surface area contributed by atoms with Crippen molar-refractivity contribution in [3.8, 4) is 0 Å². The lowest BCUT2D eigenvalue weighted by molar-refractivity contribution is -0.172. The van der Waals surface area contributed by atoms with Crippen LogP contribution in [-0.4, -0.2) is 58.4 Å². The zero-order valence-corrected chi connectivity index (χ0v) is 17.1. The number of carbonyl (C=O) groups excluding carboxylic acids is 2. The lowest BCUT2D eigenvalue weighted by Crippen LogP contribution is -2.60. The number of likely N-dealkylation sites (tertiary alicyclic amines) is 1. The average molecular weight is 423 g/mol. The van der Waals surface area contributed by atoms with Gasteiger partial charge < -0.3 is 19.0 Å². The van der Waals surface area contributed by atoms with Crippen molar-refractivity contribution in [1.29, 1.82) is 0 Å². The highest BCUT2D eigenvalue weighted by atomic mass is 32.1. The standard InChI is InChI=1S/C22H21N3O4S/c26-20(19-4-2-8-28-19)25-13-18(17-3-1-6-23-11-17)22(15-25)21(27)24(7-9-29-22)12-16-5-10-30-14-16/h1-6,8,10-11,14,18H,7,9,12-13,15H2/t18-,22-/m0/s1. The van der Waals surface area contributed by atoms with Crippen molar-refractivity contribution in [3.05, 3.63) is 76.6 Å². The van der Waals surface area contributed by atoms with Crippen LogP contribution in [0.25, 0.3) is 0 Å². The SMILES string of the molecule is O=C(c1ccco1)N1C[C@@H](c2cccnc2)[C@]2(C1)OCCN(Cc1ccsc1)C2=O. The number of rotatable bonds is 4. The Hall–Kier alpha value is -2.97. The van der Waals surface area contributed by atoms with Gasteiger partial charge in [0.25, 0.3) is 11.8 Å². The molecule has 2 amide bonds. The zero-order valence-electron chi connectivity index (χ0n) is 16.3. The second kappa shape index (κ2) is 7.70. The molecule has 0 N–H and O–H groups in total. The van der Waals surface area contributed by atoms with Crippen LogP contribution in [0, 0.1) is 0 Å². The van der Waals surface area contributed by atoms with E-state index in [0.29, 0.717) is 26.2 Å². The summed E-state index contributed by atoms with van der Waals surface area (Å²) in [5.41, 5.74) is 0.863. The zero-order chi connectivity index (χ0) is 20.6. The van der Waals surface area contributed by atoms with Crippen LogP contribution in [-0.2, 0) is 16.1 Å². The number of aromatic nitrogens is 1. The first-order chi connectivity index (χ1) is 14.7. The van der Waals surface area contributed by atoms with E-state index in [4.69, 9.17) is 9.15 Å². The molecule has 1 spiro atoms. The predicted molar refractivity (Wildman–Crippen MR) is 110 cm³/mol. The minimum Gasteiger partial charge on any atom is -0.459 e. The van der Waals surface area contributed by atoms with E-state index in [0.717, 1.165) is 11.1 Å². The normalized spacial score (nSPS) is 24.0. The van der Waals surface area contributed by atoms with Crippen molar-refractivity contribution in [2.24, 2.45) is 0 Å². The van der Waals surface area contributed by atoms with E-state index in [1.807, 2.05) is 28.5 Å². The van der Waals surface area contributed by atoms with Crippen LogP contribution < -0.4 is 0 Å². The van der Waals surface area contributed by atoms with E-state index in [-0.39, 0.29) is 30.0 Å². The molecule has 2 fully saturated rings. The van der Waals surface area contributed by atoms with Crippen LogP contribution in [0.3, 0.4) is 0 Å². The molecule has 8 heteroatoms. The highest BCUT2D eigenvalue weighted by Crippen LogP contribution is 2.42. The summed E-state index contributed by atoms with van der Waals surface area (Å²) in [6.07, 6.45) is 4.92. The highest BCUT2D eigenvalue weighted by molar-refractivity contribution is 7.07. The van der Waals surface area contributed by atoms with Gasteiger partial charge in [-0.2, -0.15) is 11.3 Å². The molecule has 5 heterocycles. The summed E-state index contributed by atoms with van der Waals surface area (Å²) in [6.45, 7) is 2.05. The number of amides is 2. The Kier molecular flexibility index (Phi) is 4.88. The number of carbonyl (C=O) groups is 2. The monoisotopic (exact) mass is 423 g/mol. The number of morpholine rings is 1. The molecule has 30 heavy (non-hydrogen) atoms.